The van der Waals surface area contributed by atoms with Crippen molar-refractivity contribution in [2.24, 2.45) is 11.7 Å². The van der Waals surface area contributed by atoms with Crippen LogP contribution in [0.3, 0.4) is 0 Å². The molecule has 20 heavy (non-hydrogen) atoms. The minimum absolute atomic E-state index is 0.192. The third-order valence-electron chi connectivity index (χ3n) is 3.21. The number of nitrogens with zero attached hydrogens (tertiary/aromatic N) is 1. The molecule has 1 fully saturated rings. The molecule has 1 aliphatic rings. The number of alkyl carbamates (subject to hydrolysis) is 1. The van der Waals surface area contributed by atoms with Gasteiger partial charge in [-0.25, -0.2) is 4.79 Å². The maximum atomic E-state index is 11.7. The highest BCUT2D eigenvalue weighted by atomic mass is 16.6. The van der Waals surface area contributed by atoms with Gasteiger partial charge in [-0.15, -0.1) is 0 Å². The van der Waals surface area contributed by atoms with Crippen LogP contribution in [0.15, 0.2) is 0 Å². The number of amides is 1. The molecule has 0 radical (unpaired) electrons. The van der Waals surface area contributed by atoms with E-state index in [1.54, 1.807) is 0 Å². The van der Waals surface area contributed by atoms with Crippen LogP contribution in [0.5, 0.6) is 0 Å². The predicted octanol–water partition coefficient (Wildman–Crippen LogP) is 1.96. The Morgan fingerprint density at radius 3 is 2.40 bits per heavy atom. The van der Waals surface area contributed by atoms with Crippen molar-refractivity contribution in [1.82, 2.24) is 10.2 Å². The van der Waals surface area contributed by atoms with Gasteiger partial charge in [0.05, 0.1) is 0 Å². The van der Waals surface area contributed by atoms with E-state index < -0.39 is 5.60 Å². The molecule has 0 aromatic heterocycles. The van der Waals surface area contributed by atoms with Crippen LogP contribution in [0.25, 0.3) is 0 Å². The lowest BCUT2D eigenvalue weighted by atomic mass is 10.1. The molecule has 1 rings (SSSR count). The number of nitrogens with two attached hydrogens (primary N) is 1. The van der Waals surface area contributed by atoms with Crippen molar-refractivity contribution in [3.63, 3.8) is 0 Å². The Bertz CT molecular complexity index is 309. The van der Waals surface area contributed by atoms with Crippen LogP contribution in [0.1, 0.15) is 47.5 Å². The zero-order valence-electron chi connectivity index (χ0n) is 13.6. The average molecular weight is 285 g/mol. The van der Waals surface area contributed by atoms with Crippen LogP contribution in [-0.2, 0) is 4.74 Å². The van der Waals surface area contributed by atoms with E-state index >= 15 is 0 Å². The molecule has 0 aliphatic heterocycles. The third-order valence-corrected chi connectivity index (χ3v) is 3.21. The molecular weight excluding hydrogens is 254 g/mol. The summed E-state index contributed by atoms with van der Waals surface area (Å²) in [5, 5.41) is 2.84. The molecule has 1 unspecified atom stereocenters. The largest absolute Gasteiger partial charge is 0.444 e. The number of carbonyl (C=O) groups is 1. The molecule has 1 saturated carbocycles. The summed E-state index contributed by atoms with van der Waals surface area (Å²) < 4.78 is 5.26. The Morgan fingerprint density at radius 1 is 1.40 bits per heavy atom. The molecule has 1 aliphatic carbocycles. The first-order valence-electron chi connectivity index (χ1n) is 7.65. The van der Waals surface area contributed by atoms with Gasteiger partial charge < -0.3 is 15.8 Å². The summed E-state index contributed by atoms with van der Waals surface area (Å²) in [7, 11) is 0. The van der Waals surface area contributed by atoms with E-state index in [2.05, 4.69) is 24.1 Å². The summed E-state index contributed by atoms with van der Waals surface area (Å²) >= 11 is 0. The van der Waals surface area contributed by atoms with Crippen molar-refractivity contribution in [1.29, 1.82) is 0 Å². The summed E-state index contributed by atoms with van der Waals surface area (Å²) in [5.41, 5.74) is 5.43. The Hall–Kier alpha value is -0.810. The number of hydrogen-bond donors (Lipinski definition) is 2. The van der Waals surface area contributed by atoms with Crippen molar-refractivity contribution in [3.05, 3.63) is 0 Å². The fourth-order valence-corrected chi connectivity index (χ4v) is 2.28. The second-order valence-electron chi connectivity index (χ2n) is 7.09. The lowest BCUT2D eigenvalue weighted by Crippen LogP contribution is -2.50. The molecule has 5 nitrogen and oxygen atoms in total. The normalized spacial score (nSPS) is 17.4. The molecule has 118 valence electrons. The third kappa shape index (κ3) is 6.57. The quantitative estimate of drug-likeness (QED) is 0.750. The molecule has 1 amide bonds. The number of rotatable bonds is 7. The highest BCUT2D eigenvalue weighted by Crippen LogP contribution is 2.29. The Morgan fingerprint density at radius 2 is 2.00 bits per heavy atom. The Balaban J connectivity index is 2.46. The summed E-state index contributed by atoms with van der Waals surface area (Å²) in [5.74, 6) is 0.603. The second-order valence-corrected chi connectivity index (χ2v) is 7.09. The van der Waals surface area contributed by atoms with Gasteiger partial charge in [-0.1, -0.05) is 13.8 Å². The second kappa shape index (κ2) is 7.27. The molecule has 0 spiro atoms. The van der Waals surface area contributed by atoms with Crippen molar-refractivity contribution in [2.45, 2.75) is 65.1 Å². The molecule has 0 bridgehead atoms. The number of hydrogen-bond acceptors (Lipinski definition) is 4. The Kier molecular flexibility index (Phi) is 6.27. The van der Waals surface area contributed by atoms with Gasteiger partial charge >= 0.3 is 6.09 Å². The lowest BCUT2D eigenvalue weighted by molar-refractivity contribution is 0.0503. The topological polar surface area (TPSA) is 67.6 Å². The molecule has 0 aromatic carbocycles. The van der Waals surface area contributed by atoms with E-state index in [0.29, 0.717) is 25.0 Å². The zero-order chi connectivity index (χ0) is 15.3. The van der Waals surface area contributed by atoms with Crippen LogP contribution < -0.4 is 11.1 Å². The van der Waals surface area contributed by atoms with E-state index in [-0.39, 0.29) is 12.1 Å². The number of nitrogens with one attached hydrogen (secondary N) is 1. The molecule has 5 heteroatoms. The SMILES string of the molecule is CC(C)CN(C1CC1)C(CN)CNC(=O)OC(C)(C)C. The van der Waals surface area contributed by atoms with Crippen molar-refractivity contribution in [3.8, 4) is 0 Å². The molecule has 3 N–H and O–H groups in total. The fourth-order valence-electron chi connectivity index (χ4n) is 2.28. The number of carbonyl (C=O) groups excluding carboxylic acids is 1. The van der Waals surface area contributed by atoms with Crippen molar-refractivity contribution < 1.29 is 9.53 Å². The van der Waals surface area contributed by atoms with Crippen LogP contribution in [0.4, 0.5) is 4.79 Å². The summed E-state index contributed by atoms with van der Waals surface area (Å²) in [4.78, 5) is 14.2. The van der Waals surface area contributed by atoms with Crippen LogP contribution in [-0.4, -0.2) is 48.3 Å². The maximum absolute atomic E-state index is 11.7. The first kappa shape index (κ1) is 17.2. The van der Waals surface area contributed by atoms with Gasteiger partial charge in [0.1, 0.15) is 5.60 Å². The summed E-state index contributed by atoms with van der Waals surface area (Å²) in [6.07, 6.45) is 2.13. The van der Waals surface area contributed by atoms with Crippen molar-refractivity contribution >= 4 is 6.09 Å². The smallest absolute Gasteiger partial charge is 0.407 e. The van der Waals surface area contributed by atoms with Gasteiger partial charge in [0.25, 0.3) is 0 Å². The average Bonchev–Trinajstić information content (AvgIpc) is 3.08. The Labute approximate surface area is 123 Å². The van der Waals surface area contributed by atoms with Crippen LogP contribution >= 0.6 is 0 Å². The van der Waals surface area contributed by atoms with E-state index in [1.165, 1.54) is 12.8 Å². The molecule has 1 atom stereocenters. The van der Waals surface area contributed by atoms with Gasteiger partial charge in [-0.3, -0.25) is 4.90 Å². The van der Waals surface area contributed by atoms with Crippen LogP contribution in [0.2, 0.25) is 0 Å². The van der Waals surface area contributed by atoms with Crippen molar-refractivity contribution in [2.75, 3.05) is 19.6 Å². The number of ether oxygens (including phenoxy) is 1. The van der Waals surface area contributed by atoms with Gasteiger partial charge in [-0.05, 0) is 39.5 Å². The maximum Gasteiger partial charge on any atom is 0.407 e. The first-order chi connectivity index (χ1) is 9.23. The molecule has 0 saturated heterocycles. The monoisotopic (exact) mass is 285 g/mol. The minimum Gasteiger partial charge on any atom is -0.444 e. The van der Waals surface area contributed by atoms with E-state index in [4.69, 9.17) is 10.5 Å². The van der Waals surface area contributed by atoms with Gasteiger partial charge in [0.2, 0.25) is 0 Å². The fraction of sp³-hybridized carbons (Fsp3) is 0.933. The lowest BCUT2D eigenvalue weighted by Gasteiger charge is -2.32. The predicted molar refractivity (Wildman–Crippen MR) is 81.6 cm³/mol. The summed E-state index contributed by atoms with van der Waals surface area (Å²) in [6, 6.07) is 0.837. The molecule has 0 aromatic rings. The minimum atomic E-state index is -0.462. The van der Waals surface area contributed by atoms with Gasteiger partial charge in [-0.2, -0.15) is 0 Å². The molecular formula is C15H31N3O2. The van der Waals surface area contributed by atoms with Gasteiger partial charge in [0.15, 0.2) is 0 Å². The van der Waals surface area contributed by atoms with E-state index in [9.17, 15) is 4.79 Å². The highest BCUT2D eigenvalue weighted by molar-refractivity contribution is 5.67. The first-order valence-corrected chi connectivity index (χ1v) is 7.65. The molecule has 0 heterocycles. The standard InChI is InChI=1S/C15H31N3O2/c1-11(2)10-18(12-6-7-12)13(8-16)9-17-14(19)20-15(3,4)5/h11-13H,6-10,16H2,1-5H3,(H,17,19). The van der Waals surface area contributed by atoms with E-state index in [0.717, 1.165) is 6.54 Å². The highest BCUT2D eigenvalue weighted by Gasteiger charge is 2.33. The van der Waals surface area contributed by atoms with Gasteiger partial charge in [0, 0.05) is 31.7 Å². The van der Waals surface area contributed by atoms with Crippen LogP contribution in [0, 0.1) is 5.92 Å². The van der Waals surface area contributed by atoms with E-state index in [1.807, 2.05) is 20.8 Å². The zero-order valence-corrected chi connectivity index (χ0v) is 13.6. The summed E-state index contributed by atoms with van der Waals surface area (Å²) in [6.45, 7) is 12.2.